The van der Waals surface area contributed by atoms with Crippen LogP contribution in [0.15, 0.2) is 0 Å². The molecule has 0 N–H and O–H groups in total. The fourth-order valence-electron chi connectivity index (χ4n) is 2.59. The SMILES string of the molecule is CC#CC#CC#CC#CC(=O)OC[C@H](COP(=O)([O-])[O-])OC(=O)CCCCCCCCCCC.S.[HH].[HH].[HH].[HH].[HH].[HH].[HH].[Na+].[Na+]. The molecule has 0 aromatic rings. The van der Waals surface area contributed by atoms with Gasteiger partial charge in [0.2, 0.25) is 0 Å². The molecule has 0 bridgehead atoms. The van der Waals surface area contributed by atoms with E-state index in [9.17, 15) is 23.9 Å². The second-order valence-corrected chi connectivity index (χ2v) is 8.31. The van der Waals surface area contributed by atoms with Gasteiger partial charge in [-0.2, -0.15) is 13.5 Å². The van der Waals surface area contributed by atoms with Gasteiger partial charge in [0.05, 0.1) is 14.4 Å². The molecule has 8 nitrogen and oxygen atoms in total. The molecule has 37 heavy (non-hydrogen) atoms. The molecule has 0 heterocycles. The Morgan fingerprint density at radius 2 is 1.35 bits per heavy atom. The molecule has 0 rings (SSSR count). The largest absolute Gasteiger partial charge is 1.00 e. The molecule has 0 saturated carbocycles. The fraction of sp³-hybridized carbons (Fsp3) is 0.600. The van der Waals surface area contributed by atoms with Crippen LogP contribution in [-0.2, 0) is 28.2 Å². The Labute approximate surface area is 283 Å². The maximum atomic E-state index is 12.0. The van der Waals surface area contributed by atoms with Crippen LogP contribution in [0.2, 0.25) is 0 Å². The Bertz CT molecular complexity index is 951. The van der Waals surface area contributed by atoms with E-state index in [2.05, 4.69) is 58.8 Å². The number of unbranched alkanes of at least 4 members (excludes halogenated alkanes) is 8. The standard InChI is InChI=1S/C25H33O8P.2Na.H2S.7H2/c1-3-5-7-9-11-12-14-16-18-20-25(27)33-23(22-32-34(28,29)30)21-31-24(26)19-17-15-13-10-8-6-4-2;;;;;;;;;;/h23H,3,5,7,9,11-12,14,16,18,20-22H2,1-2H3,(H2,28,29,30);;;1H2;7*1H/q;2*+1;;;;;;;;/p-2/t23-;;;;;;;;;;/m1........../s1. The third kappa shape index (κ3) is 33.6. The number of ether oxygens (including phenoxy) is 2. The first-order chi connectivity index (χ1) is 16.3. The van der Waals surface area contributed by atoms with Crippen LogP contribution in [0.4, 0.5) is 0 Å². The molecule has 1 atom stereocenters. The predicted octanol–water partition coefficient (Wildman–Crippen LogP) is -1.92. The second-order valence-electron chi connectivity index (χ2n) is 7.16. The molecule has 0 aliphatic carbocycles. The van der Waals surface area contributed by atoms with Gasteiger partial charge in [-0.25, -0.2) is 4.79 Å². The minimum absolute atomic E-state index is 0. The zero-order valence-electron chi connectivity index (χ0n) is 22.3. The number of esters is 2. The van der Waals surface area contributed by atoms with Crippen molar-refractivity contribution in [1.82, 2.24) is 0 Å². The molecule has 0 spiro atoms. The van der Waals surface area contributed by atoms with Gasteiger partial charge in [0.25, 0.3) is 0 Å². The zero-order valence-corrected chi connectivity index (χ0v) is 28.2. The predicted molar refractivity (Wildman–Crippen MR) is 148 cm³/mol. The van der Waals surface area contributed by atoms with E-state index >= 15 is 0 Å². The minimum Gasteiger partial charge on any atom is -0.790 e. The van der Waals surface area contributed by atoms with E-state index in [1.165, 1.54) is 32.1 Å². The van der Waals surface area contributed by atoms with Crippen LogP contribution in [0.3, 0.4) is 0 Å². The Hall–Kier alpha value is -0.360. The average Bonchev–Trinajstić information content (AvgIpc) is 2.78. The van der Waals surface area contributed by atoms with Gasteiger partial charge >= 0.3 is 71.1 Å². The van der Waals surface area contributed by atoms with Crippen molar-refractivity contribution in [3.63, 3.8) is 0 Å². The van der Waals surface area contributed by atoms with Crippen LogP contribution < -0.4 is 68.9 Å². The monoisotopic (exact) mass is 584 g/mol. The van der Waals surface area contributed by atoms with E-state index in [1.54, 1.807) is 6.92 Å². The summed E-state index contributed by atoms with van der Waals surface area (Å²) in [6.07, 6.45) is 8.56. The summed E-state index contributed by atoms with van der Waals surface area (Å²) >= 11 is 0. The Morgan fingerprint density at radius 3 is 1.89 bits per heavy atom. The molecule has 0 radical (unpaired) electrons. The van der Waals surface area contributed by atoms with Crippen molar-refractivity contribution in [2.75, 3.05) is 13.2 Å². The summed E-state index contributed by atoms with van der Waals surface area (Å²) in [4.78, 5) is 45.1. The normalized spacial score (nSPS) is 9.73. The second kappa shape index (κ2) is 30.2. The van der Waals surface area contributed by atoms with Crippen molar-refractivity contribution in [3.8, 4) is 47.4 Å². The number of phosphoric ester groups is 1. The quantitative estimate of drug-likeness (QED) is 0.0514. The Balaban J connectivity index is -0.000000121. The summed E-state index contributed by atoms with van der Waals surface area (Å²) in [5.41, 5.74) is 0. The molecule has 0 aromatic carbocycles. The van der Waals surface area contributed by atoms with Crippen molar-refractivity contribution >= 4 is 33.3 Å². The summed E-state index contributed by atoms with van der Waals surface area (Å²) in [5.74, 6) is 17.3. The van der Waals surface area contributed by atoms with Gasteiger partial charge < -0.3 is 28.3 Å². The van der Waals surface area contributed by atoms with Crippen LogP contribution >= 0.6 is 21.3 Å². The summed E-state index contributed by atoms with van der Waals surface area (Å²) in [7, 11) is -5.29. The van der Waals surface area contributed by atoms with Gasteiger partial charge in [-0.1, -0.05) is 64.2 Å². The van der Waals surface area contributed by atoms with E-state index in [4.69, 9.17) is 9.47 Å². The van der Waals surface area contributed by atoms with E-state index < -0.39 is 39.1 Å². The third-order valence-corrected chi connectivity index (χ3v) is 4.67. The first-order valence-electron chi connectivity index (χ1n) is 11.2. The first kappa shape index (κ1) is 43.7. The van der Waals surface area contributed by atoms with Crippen molar-refractivity contribution in [1.29, 1.82) is 0 Å². The van der Waals surface area contributed by atoms with E-state index in [-0.39, 0.29) is 89.0 Å². The van der Waals surface area contributed by atoms with E-state index in [0.717, 1.165) is 19.3 Å². The molecule has 0 aliphatic rings. The molecule has 208 valence electrons. The minimum atomic E-state index is -5.29. The zero-order chi connectivity index (χ0) is 25.5. The topological polar surface area (TPSA) is 125 Å². The molecule has 0 aliphatic heterocycles. The molecule has 0 aromatic heterocycles. The van der Waals surface area contributed by atoms with Crippen LogP contribution in [0.1, 0.15) is 88.0 Å². The molecule has 12 heteroatoms. The van der Waals surface area contributed by atoms with Crippen molar-refractivity contribution in [2.24, 2.45) is 0 Å². The number of hydrogen-bond donors (Lipinski definition) is 0. The number of rotatable bonds is 16. The average molecular weight is 585 g/mol. The fourth-order valence-corrected chi connectivity index (χ4v) is 2.94. The van der Waals surface area contributed by atoms with Crippen LogP contribution in [-0.4, -0.2) is 31.3 Å². The number of carbonyl (C=O) groups excluding carboxylic acids is 2. The molecule has 0 saturated heterocycles. The summed E-state index contributed by atoms with van der Waals surface area (Å²) < 4.78 is 24.8. The van der Waals surface area contributed by atoms with Crippen molar-refractivity contribution in [2.45, 2.75) is 84.2 Å². The van der Waals surface area contributed by atoms with Crippen molar-refractivity contribution in [3.05, 3.63) is 0 Å². The maximum absolute atomic E-state index is 12.0. The Morgan fingerprint density at radius 1 is 0.838 bits per heavy atom. The van der Waals surface area contributed by atoms with Crippen molar-refractivity contribution < 1.29 is 107 Å². The number of phosphoric acid groups is 1. The maximum Gasteiger partial charge on any atom is 1.00 e. The third-order valence-electron chi connectivity index (χ3n) is 4.20. The number of carbonyl (C=O) groups is 2. The van der Waals surface area contributed by atoms with Crippen LogP contribution in [0, 0.1) is 47.4 Å². The van der Waals surface area contributed by atoms with Gasteiger partial charge in [-0.3, -0.25) is 4.79 Å². The number of hydrogen-bond acceptors (Lipinski definition) is 8. The van der Waals surface area contributed by atoms with Crippen LogP contribution in [0.25, 0.3) is 0 Å². The van der Waals surface area contributed by atoms with Gasteiger partial charge in [0.15, 0.2) is 6.10 Å². The Kier molecular flexibility index (Phi) is 35.6. The first-order valence-corrected chi connectivity index (χ1v) is 12.7. The summed E-state index contributed by atoms with van der Waals surface area (Å²) in [5, 5.41) is 0. The molecule has 0 fully saturated rings. The molecular formula is C25H47Na2O8PS. The summed E-state index contributed by atoms with van der Waals surface area (Å²) in [6.45, 7) is 2.50. The van der Waals surface area contributed by atoms with E-state index in [1.807, 2.05) is 0 Å². The molecule has 0 amide bonds. The summed E-state index contributed by atoms with van der Waals surface area (Å²) in [6, 6.07) is 0. The van der Waals surface area contributed by atoms with Gasteiger partial charge in [0.1, 0.15) is 6.61 Å². The van der Waals surface area contributed by atoms with Gasteiger partial charge in [0, 0.05) is 22.3 Å². The van der Waals surface area contributed by atoms with E-state index in [0.29, 0.717) is 6.42 Å². The smallest absolute Gasteiger partial charge is 0.790 e. The molecular weight excluding hydrogens is 537 g/mol. The van der Waals surface area contributed by atoms with Crippen LogP contribution in [0.5, 0.6) is 0 Å². The molecule has 0 unspecified atom stereocenters. The van der Waals surface area contributed by atoms with Gasteiger partial charge in [-0.05, 0) is 48.9 Å². The van der Waals surface area contributed by atoms with Gasteiger partial charge in [-0.15, -0.1) is 0 Å².